The highest BCUT2D eigenvalue weighted by molar-refractivity contribution is 7.18. The molecule has 1 N–H and O–H groups in total. The molecule has 0 aliphatic carbocycles. The van der Waals surface area contributed by atoms with Gasteiger partial charge in [-0.15, -0.1) is 11.3 Å². The molecule has 3 rings (SSSR count). The quantitative estimate of drug-likeness (QED) is 0.515. The number of anilines is 1. The minimum atomic E-state index is 0.102. The maximum absolute atomic E-state index is 12.4. The molecule has 1 aromatic heterocycles. The standard InChI is InChI=1S/C22H26N2OS/c1-15(2)17-10-8-9-16(3)22(17)24-20(25)13-6-7-14-21-23-18-11-4-5-12-19(18)26-21/h4-5,8-12,15H,6-7,13-14H2,1-3H3,(H,24,25). The molecule has 0 spiro atoms. The number of carbonyl (C=O) groups excluding carboxylic acids is 1. The predicted molar refractivity (Wildman–Crippen MR) is 111 cm³/mol. The van der Waals surface area contributed by atoms with Crippen molar-refractivity contribution in [1.29, 1.82) is 0 Å². The minimum Gasteiger partial charge on any atom is -0.326 e. The molecule has 0 aliphatic heterocycles. The smallest absolute Gasteiger partial charge is 0.224 e. The highest BCUT2D eigenvalue weighted by atomic mass is 32.1. The van der Waals surface area contributed by atoms with Crippen molar-refractivity contribution in [2.75, 3.05) is 5.32 Å². The summed E-state index contributed by atoms with van der Waals surface area (Å²) in [5.41, 5.74) is 4.39. The second-order valence-corrected chi connectivity index (χ2v) is 8.14. The molecule has 3 nitrogen and oxygen atoms in total. The van der Waals surface area contributed by atoms with E-state index >= 15 is 0 Å². The number of hydrogen-bond donors (Lipinski definition) is 1. The van der Waals surface area contributed by atoms with Gasteiger partial charge in [-0.05, 0) is 55.4 Å². The lowest BCUT2D eigenvalue weighted by Crippen LogP contribution is -2.14. The Morgan fingerprint density at radius 3 is 2.69 bits per heavy atom. The average molecular weight is 367 g/mol. The van der Waals surface area contributed by atoms with E-state index in [1.165, 1.54) is 10.3 Å². The van der Waals surface area contributed by atoms with E-state index in [9.17, 15) is 4.79 Å². The Balaban J connectivity index is 1.50. The van der Waals surface area contributed by atoms with Crippen molar-refractivity contribution >= 4 is 33.1 Å². The second-order valence-electron chi connectivity index (χ2n) is 7.02. The highest BCUT2D eigenvalue weighted by Crippen LogP contribution is 2.28. The summed E-state index contributed by atoms with van der Waals surface area (Å²) in [6.45, 7) is 6.36. The normalized spacial score (nSPS) is 11.2. The lowest BCUT2D eigenvalue weighted by atomic mass is 9.98. The lowest BCUT2D eigenvalue weighted by Gasteiger charge is -2.16. The number of carbonyl (C=O) groups is 1. The van der Waals surface area contributed by atoms with Crippen LogP contribution in [-0.2, 0) is 11.2 Å². The third kappa shape index (κ3) is 4.50. The first kappa shape index (κ1) is 18.6. The SMILES string of the molecule is Cc1cccc(C(C)C)c1NC(=O)CCCCc1nc2ccccc2s1. The fourth-order valence-electron chi connectivity index (χ4n) is 3.13. The number of fused-ring (bicyclic) bond motifs is 1. The van der Waals surface area contributed by atoms with E-state index in [1.54, 1.807) is 11.3 Å². The summed E-state index contributed by atoms with van der Waals surface area (Å²) in [6.07, 6.45) is 3.35. The molecule has 0 unspecified atom stereocenters. The zero-order valence-corrected chi connectivity index (χ0v) is 16.5. The van der Waals surface area contributed by atoms with E-state index in [4.69, 9.17) is 0 Å². The molecule has 26 heavy (non-hydrogen) atoms. The fourth-order valence-corrected chi connectivity index (χ4v) is 4.14. The number of aryl methyl sites for hydroxylation is 2. The van der Waals surface area contributed by atoms with Crippen molar-refractivity contribution in [3.05, 3.63) is 58.6 Å². The molecule has 1 heterocycles. The number of amides is 1. The molecule has 0 fully saturated rings. The van der Waals surface area contributed by atoms with Crippen LogP contribution in [0.1, 0.15) is 55.2 Å². The van der Waals surface area contributed by atoms with Crippen molar-refractivity contribution in [3.63, 3.8) is 0 Å². The van der Waals surface area contributed by atoms with Gasteiger partial charge in [0, 0.05) is 12.1 Å². The summed E-state index contributed by atoms with van der Waals surface area (Å²) in [6, 6.07) is 14.4. The maximum Gasteiger partial charge on any atom is 0.224 e. The molecule has 0 atom stereocenters. The molecule has 0 aliphatic rings. The number of thiazole rings is 1. The van der Waals surface area contributed by atoms with Gasteiger partial charge in [0.05, 0.1) is 15.2 Å². The molecule has 0 radical (unpaired) electrons. The molecular formula is C22H26N2OS. The highest BCUT2D eigenvalue weighted by Gasteiger charge is 2.12. The van der Waals surface area contributed by atoms with Gasteiger partial charge in [0.2, 0.25) is 5.91 Å². The monoisotopic (exact) mass is 366 g/mol. The van der Waals surface area contributed by atoms with E-state index in [0.717, 1.165) is 41.0 Å². The van der Waals surface area contributed by atoms with Crippen LogP contribution in [0.15, 0.2) is 42.5 Å². The summed E-state index contributed by atoms with van der Waals surface area (Å²) >= 11 is 1.75. The maximum atomic E-state index is 12.4. The van der Waals surface area contributed by atoms with Crippen molar-refractivity contribution < 1.29 is 4.79 Å². The Bertz CT molecular complexity index is 865. The number of nitrogens with one attached hydrogen (secondary N) is 1. The number of rotatable bonds is 7. The Morgan fingerprint density at radius 1 is 1.12 bits per heavy atom. The van der Waals surface area contributed by atoms with Crippen LogP contribution in [0.5, 0.6) is 0 Å². The molecule has 2 aromatic carbocycles. The minimum absolute atomic E-state index is 0.102. The van der Waals surface area contributed by atoms with Crippen LogP contribution in [0.25, 0.3) is 10.2 Å². The van der Waals surface area contributed by atoms with Gasteiger partial charge >= 0.3 is 0 Å². The number of hydrogen-bond acceptors (Lipinski definition) is 3. The van der Waals surface area contributed by atoms with E-state index in [-0.39, 0.29) is 5.91 Å². The van der Waals surface area contributed by atoms with Gasteiger partial charge in [0.25, 0.3) is 0 Å². The first-order chi connectivity index (χ1) is 12.5. The first-order valence-electron chi connectivity index (χ1n) is 9.28. The van der Waals surface area contributed by atoms with Gasteiger partial charge in [-0.3, -0.25) is 4.79 Å². The molecular weight excluding hydrogens is 340 g/mol. The molecule has 136 valence electrons. The number of unbranched alkanes of at least 4 members (excludes halogenated alkanes) is 1. The molecule has 3 aromatic rings. The molecule has 4 heteroatoms. The van der Waals surface area contributed by atoms with Gasteiger partial charge in [0.15, 0.2) is 0 Å². The zero-order valence-electron chi connectivity index (χ0n) is 15.7. The van der Waals surface area contributed by atoms with Gasteiger partial charge < -0.3 is 5.32 Å². The van der Waals surface area contributed by atoms with Gasteiger partial charge in [-0.2, -0.15) is 0 Å². The van der Waals surface area contributed by atoms with E-state index in [1.807, 2.05) is 12.1 Å². The van der Waals surface area contributed by atoms with Crippen LogP contribution in [-0.4, -0.2) is 10.9 Å². The van der Waals surface area contributed by atoms with Crippen LogP contribution in [0.2, 0.25) is 0 Å². The third-order valence-corrected chi connectivity index (χ3v) is 5.67. The van der Waals surface area contributed by atoms with Crippen LogP contribution >= 0.6 is 11.3 Å². The number of para-hydroxylation sites is 2. The van der Waals surface area contributed by atoms with Crippen LogP contribution < -0.4 is 5.32 Å². The first-order valence-corrected chi connectivity index (χ1v) is 10.1. The lowest BCUT2D eigenvalue weighted by molar-refractivity contribution is -0.116. The van der Waals surface area contributed by atoms with Gasteiger partial charge in [-0.1, -0.05) is 44.2 Å². The van der Waals surface area contributed by atoms with Gasteiger partial charge in [-0.25, -0.2) is 4.98 Å². The van der Waals surface area contributed by atoms with Gasteiger partial charge in [0.1, 0.15) is 0 Å². The van der Waals surface area contributed by atoms with Crippen LogP contribution in [0.3, 0.4) is 0 Å². The van der Waals surface area contributed by atoms with Crippen molar-refractivity contribution in [2.24, 2.45) is 0 Å². The van der Waals surface area contributed by atoms with E-state index in [0.29, 0.717) is 12.3 Å². The predicted octanol–water partition coefficient (Wildman–Crippen LogP) is 6.08. The van der Waals surface area contributed by atoms with Crippen LogP contribution in [0, 0.1) is 6.92 Å². The Labute approximate surface area is 159 Å². The summed E-state index contributed by atoms with van der Waals surface area (Å²) in [7, 11) is 0. The summed E-state index contributed by atoms with van der Waals surface area (Å²) in [4.78, 5) is 17.0. The summed E-state index contributed by atoms with van der Waals surface area (Å²) in [5, 5.41) is 4.29. The van der Waals surface area contributed by atoms with E-state index in [2.05, 4.69) is 61.4 Å². The number of nitrogens with zero attached hydrogens (tertiary/aromatic N) is 1. The zero-order chi connectivity index (χ0) is 18.5. The number of aromatic nitrogens is 1. The molecule has 1 amide bonds. The molecule has 0 saturated heterocycles. The summed E-state index contributed by atoms with van der Waals surface area (Å²) in [5.74, 6) is 0.495. The van der Waals surface area contributed by atoms with Crippen molar-refractivity contribution in [1.82, 2.24) is 4.98 Å². The second kappa shape index (κ2) is 8.45. The van der Waals surface area contributed by atoms with Crippen LogP contribution in [0.4, 0.5) is 5.69 Å². The van der Waals surface area contributed by atoms with Crippen molar-refractivity contribution in [3.8, 4) is 0 Å². The van der Waals surface area contributed by atoms with E-state index < -0.39 is 0 Å². The largest absolute Gasteiger partial charge is 0.326 e. The Kier molecular flexibility index (Phi) is 6.04. The molecule has 0 saturated carbocycles. The third-order valence-electron chi connectivity index (χ3n) is 4.57. The summed E-state index contributed by atoms with van der Waals surface area (Å²) < 4.78 is 1.24. The average Bonchev–Trinajstić information content (AvgIpc) is 3.03. The molecule has 0 bridgehead atoms. The topological polar surface area (TPSA) is 42.0 Å². The van der Waals surface area contributed by atoms with Crippen molar-refractivity contribution in [2.45, 2.75) is 52.4 Å². The number of benzene rings is 2. The fraction of sp³-hybridized carbons (Fsp3) is 0.364. The Morgan fingerprint density at radius 2 is 1.92 bits per heavy atom. The Hall–Kier alpha value is -2.20.